The molecule has 0 aliphatic rings. The second-order valence-electron chi connectivity index (χ2n) is 6.41. The molecule has 0 fully saturated rings. The first kappa shape index (κ1) is 22.0. The summed E-state index contributed by atoms with van der Waals surface area (Å²) in [6, 6.07) is 11.9. The molecule has 0 bridgehead atoms. The molecule has 0 aliphatic carbocycles. The average molecular weight is 480 g/mol. The van der Waals surface area contributed by atoms with E-state index in [9.17, 15) is 25.0 Å². The van der Waals surface area contributed by atoms with Crippen molar-refractivity contribution in [1.29, 1.82) is 0 Å². The van der Waals surface area contributed by atoms with Gasteiger partial charge in [0.25, 0.3) is 17.3 Å². The number of hydrogen-bond acceptors (Lipinski definition) is 10. The lowest BCUT2D eigenvalue weighted by Gasteiger charge is -2.02. The van der Waals surface area contributed by atoms with E-state index in [2.05, 4.69) is 20.5 Å². The molecule has 2 heterocycles. The molecule has 1 N–H and O–H groups in total. The van der Waals surface area contributed by atoms with Crippen molar-refractivity contribution in [1.82, 2.24) is 15.4 Å². The smallest absolute Gasteiger partial charge is 0.267 e. The Hall–Kier alpha value is -4.23. The second kappa shape index (κ2) is 9.50. The van der Waals surface area contributed by atoms with E-state index < -0.39 is 15.8 Å². The van der Waals surface area contributed by atoms with Crippen LogP contribution in [0.5, 0.6) is 0 Å². The van der Waals surface area contributed by atoms with Crippen molar-refractivity contribution in [3.63, 3.8) is 0 Å². The number of rotatable bonds is 7. The number of nitrogens with one attached hydrogen (secondary N) is 1. The lowest BCUT2D eigenvalue weighted by molar-refractivity contribution is -0.387. The van der Waals surface area contributed by atoms with Crippen LogP contribution in [0.2, 0.25) is 0 Å². The number of nitro groups is 2. The van der Waals surface area contributed by atoms with Gasteiger partial charge in [-0.3, -0.25) is 30.0 Å². The SMILES string of the molecule is O=C(N/N=C/c1ccc(Sc2nc3ccc([N+](=O)[O-])cc3s2)c([N+](=O)[O-])c1)c1ccncc1. The summed E-state index contributed by atoms with van der Waals surface area (Å²) in [6.07, 6.45) is 4.26. The van der Waals surface area contributed by atoms with E-state index in [0.29, 0.717) is 30.6 Å². The highest BCUT2D eigenvalue weighted by Gasteiger charge is 2.18. The van der Waals surface area contributed by atoms with Crippen molar-refractivity contribution in [2.24, 2.45) is 5.10 Å². The maximum atomic E-state index is 12.0. The highest BCUT2D eigenvalue weighted by atomic mass is 32.2. The van der Waals surface area contributed by atoms with Gasteiger partial charge in [-0.2, -0.15) is 5.10 Å². The third-order valence-electron chi connectivity index (χ3n) is 4.26. The Morgan fingerprint density at radius 2 is 1.85 bits per heavy atom. The lowest BCUT2D eigenvalue weighted by atomic mass is 10.2. The minimum absolute atomic E-state index is 0.0478. The summed E-state index contributed by atoms with van der Waals surface area (Å²) in [4.78, 5) is 42.1. The fourth-order valence-corrected chi connectivity index (χ4v) is 4.86. The van der Waals surface area contributed by atoms with Crippen molar-refractivity contribution >= 4 is 56.8 Å². The molecule has 33 heavy (non-hydrogen) atoms. The van der Waals surface area contributed by atoms with Crippen molar-refractivity contribution in [3.05, 3.63) is 92.3 Å². The minimum Gasteiger partial charge on any atom is -0.267 e. The average Bonchev–Trinajstić information content (AvgIpc) is 3.21. The lowest BCUT2D eigenvalue weighted by Crippen LogP contribution is -2.17. The number of fused-ring (bicyclic) bond motifs is 1. The van der Waals surface area contributed by atoms with Crippen LogP contribution in [-0.4, -0.2) is 31.9 Å². The molecule has 2 aromatic heterocycles. The fourth-order valence-electron chi connectivity index (χ4n) is 2.72. The van der Waals surface area contributed by atoms with E-state index in [1.54, 1.807) is 18.2 Å². The number of amides is 1. The number of hydrazone groups is 1. The number of pyridine rings is 1. The predicted molar refractivity (Wildman–Crippen MR) is 123 cm³/mol. The Kier molecular flexibility index (Phi) is 6.33. The van der Waals surface area contributed by atoms with Crippen LogP contribution in [0.15, 0.2) is 75.3 Å². The zero-order valence-electron chi connectivity index (χ0n) is 16.4. The topological polar surface area (TPSA) is 154 Å². The van der Waals surface area contributed by atoms with E-state index in [1.165, 1.54) is 60.3 Å². The van der Waals surface area contributed by atoms with Crippen LogP contribution in [0, 0.1) is 20.2 Å². The van der Waals surface area contributed by atoms with Gasteiger partial charge in [-0.1, -0.05) is 17.8 Å². The molecule has 4 rings (SSSR count). The number of hydrogen-bond donors (Lipinski definition) is 1. The molecular weight excluding hydrogens is 468 g/mol. The standard InChI is InChI=1S/C20H12N6O5S2/c27-19(13-5-7-21-8-6-13)24-22-11-12-1-4-17(16(9-12)26(30)31)32-20-23-15-3-2-14(25(28)29)10-18(15)33-20/h1-11H,(H,24,27)/b22-11+. The van der Waals surface area contributed by atoms with Crippen LogP contribution in [0.4, 0.5) is 11.4 Å². The van der Waals surface area contributed by atoms with Crippen LogP contribution in [-0.2, 0) is 0 Å². The first-order chi connectivity index (χ1) is 15.9. The Bertz CT molecular complexity index is 1410. The number of aromatic nitrogens is 2. The van der Waals surface area contributed by atoms with Crippen molar-refractivity contribution in [3.8, 4) is 0 Å². The highest BCUT2D eigenvalue weighted by molar-refractivity contribution is 8.01. The van der Waals surface area contributed by atoms with Gasteiger partial charge in [-0.15, -0.1) is 11.3 Å². The zero-order chi connectivity index (χ0) is 23.4. The summed E-state index contributed by atoms with van der Waals surface area (Å²) in [5.74, 6) is -0.439. The number of carbonyl (C=O) groups is 1. The molecule has 2 aromatic carbocycles. The van der Waals surface area contributed by atoms with E-state index in [4.69, 9.17) is 0 Å². The molecule has 0 saturated heterocycles. The largest absolute Gasteiger partial charge is 0.283 e. The normalized spacial score (nSPS) is 11.0. The van der Waals surface area contributed by atoms with Crippen LogP contribution in [0.3, 0.4) is 0 Å². The van der Waals surface area contributed by atoms with Gasteiger partial charge < -0.3 is 0 Å². The molecule has 11 nitrogen and oxygen atoms in total. The van der Waals surface area contributed by atoms with E-state index in [1.807, 2.05) is 0 Å². The van der Waals surface area contributed by atoms with Crippen LogP contribution >= 0.6 is 23.1 Å². The summed E-state index contributed by atoms with van der Waals surface area (Å²) in [5, 5.41) is 26.4. The Morgan fingerprint density at radius 1 is 1.06 bits per heavy atom. The van der Waals surface area contributed by atoms with E-state index in [-0.39, 0.29) is 11.4 Å². The Labute approximate surface area is 193 Å². The predicted octanol–water partition coefficient (Wildman–Crippen LogP) is 4.42. The first-order valence-electron chi connectivity index (χ1n) is 9.15. The number of thiazole rings is 1. The Morgan fingerprint density at radius 3 is 2.58 bits per heavy atom. The molecule has 13 heteroatoms. The maximum Gasteiger partial charge on any atom is 0.283 e. The van der Waals surface area contributed by atoms with Gasteiger partial charge in [0.15, 0.2) is 4.34 Å². The first-order valence-corrected chi connectivity index (χ1v) is 10.8. The van der Waals surface area contributed by atoms with Crippen molar-refractivity contribution in [2.75, 3.05) is 0 Å². The quantitative estimate of drug-likeness (QED) is 0.232. The number of nitro benzene ring substituents is 2. The zero-order valence-corrected chi connectivity index (χ0v) is 18.1. The molecule has 0 aliphatic heterocycles. The maximum absolute atomic E-state index is 12.0. The molecule has 4 aromatic rings. The van der Waals surface area contributed by atoms with Gasteiger partial charge in [0.05, 0.1) is 31.2 Å². The van der Waals surface area contributed by atoms with Gasteiger partial charge in [0.2, 0.25) is 0 Å². The number of benzene rings is 2. The Balaban J connectivity index is 1.52. The van der Waals surface area contributed by atoms with E-state index in [0.717, 1.165) is 11.8 Å². The van der Waals surface area contributed by atoms with Gasteiger partial charge in [-0.25, -0.2) is 10.4 Å². The number of nitrogens with zero attached hydrogens (tertiary/aromatic N) is 5. The van der Waals surface area contributed by atoms with Crippen LogP contribution < -0.4 is 5.43 Å². The monoisotopic (exact) mass is 480 g/mol. The molecule has 0 spiro atoms. The molecule has 0 saturated carbocycles. The third kappa shape index (κ3) is 5.16. The summed E-state index contributed by atoms with van der Waals surface area (Å²) in [7, 11) is 0. The van der Waals surface area contributed by atoms with Gasteiger partial charge in [0, 0.05) is 41.7 Å². The van der Waals surface area contributed by atoms with Crippen LogP contribution in [0.1, 0.15) is 15.9 Å². The summed E-state index contributed by atoms with van der Waals surface area (Å²) >= 11 is 2.30. The molecule has 164 valence electrons. The summed E-state index contributed by atoms with van der Waals surface area (Å²) in [6.45, 7) is 0. The molecule has 0 atom stereocenters. The third-order valence-corrected chi connectivity index (χ3v) is 6.41. The summed E-state index contributed by atoms with van der Waals surface area (Å²) < 4.78 is 1.13. The molecule has 0 radical (unpaired) electrons. The van der Waals surface area contributed by atoms with E-state index >= 15 is 0 Å². The molecule has 0 unspecified atom stereocenters. The number of non-ortho nitro benzene ring substituents is 1. The molecular formula is C20H12N6O5S2. The van der Waals surface area contributed by atoms with Crippen molar-refractivity contribution < 1.29 is 14.6 Å². The molecule has 1 amide bonds. The summed E-state index contributed by atoms with van der Waals surface area (Å²) in [5.41, 5.74) is 3.51. The van der Waals surface area contributed by atoms with Crippen molar-refractivity contribution in [2.45, 2.75) is 9.24 Å². The van der Waals surface area contributed by atoms with Gasteiger partial charge in [-0.05, 0) is 24.3 Å². The minimum atomic E-state index is -0.520. The second-order valence-corrected chi connectivity index (χ2v) is 8.73. The van der Waals surface area contributed by atoms with Crippen LogP contribution in [0.25, 0.3) is 10.2 Å². The highest BCUT2D eigenvalue weighted by Crippen LogP contribution is 2.39. The number of carbonyl (C=O) groups excluding carboxylic acids is 1. The van der Waals surface area contributed by atoms with Gasteiger partial charge in [0.1, 0.15) is 0 Å². The van der Waals surface area contributed by atoms with Gasteiger partial charge >= 0.3 is 0 Å². The fraction of sp³-hybridized carbons (Fsp3) is 0.